The monoisotopic (exact) mass is 393 g/mol. The molecule has 1 aromatic carbocycles. The minimum atomic E-state index is -0.575. The minimum Gasteiger partial charge on any atom is -0.454 e. The fourth-order valence-electron chi connectivity index (χ4n) is 3.80. The summed E-state index contributed by atoms with van der Waals surface area (Å²) < 4.78 is 7.35. The van der Waals surface area contributed by atoms with Gasteiger partial charge in [0.2, 0.25) is 5.78 Å². The van der Waals surface area contributed by atoms with Crippen LogP contribution in [0.15, 0.2) is 42.0 Å². The van der Waals surface area contributed by atoms with Crippen LogP contribution in [0.3, 0.4) is 0 Å². The molecule has 2 aromatic rings. The zero-order valence-electron chi connectivity index (χ0n) is 17.1. The molecule has 5 heteroatoms. The average Bonchev–Trinajstić information content (AvgIpc) is 3.04. The maximum Gasteiger partial charge on any atom is 0.338 e. The van der Waals surface area contributed by atoms with E-state index < -0.39 is 5.97 Å². The van der Waals surface area contributed by atoms with Crippen molar-refractivity contribution >= 4 is 18.0 Å². The van der Waals surface area contributed by atoms with Crippen LogP contribution in [-0.4, -0.2) is 29.2 Å². The van der Waals surface area contributed by atoms with Crippen LogP contribution >= 0.6 is 0 Å². The molecule has 0 bridgehead atoms. The topological polar surface area (TPSA) is 65.4 Å². The van der Waals surface area contributed by atoms with Crippen LogP contribution < -0.4 is 0 Å². The molecule has 1 aliphatic carbocycles. The number of ketones is 1. The van der Waals surface area contributed by atoms with Crippen LogP contribution in [-0.2, 0) is 11.3 Å². The normalized spacial score (nSPS) is 13.7. The molecule has 5 nitrogen and oxygen atoms in total. The Morgan fingerprint density at radius 2 is 1.90 bits per heavy atom. The number of nitrogens with zero attached hydrogens (tertiary/aromatic N) is 1. The largest absolute Gasteiger partial charge is 0.454 e. The van der Waals surface area contributed by atoms with Crippen molar-refractivity contribution in [3.63, 3.8) is 0 Å². The molecule has 0 radical (unpaired) electrons. The van der Waals surface area contributed by atoms with Crippen LogP contribution in [0.1, 0.15) is 74.6 Å². The smallest absolute Gasteiger partial charge is 0.338 e. The van der Waals surface area contributed by atoms with E-state index >= 15 is 0 Å². The van der Waals surface area contributed by atoms with Gasteiger partial charge in [-0.3, -0.25) is 9.59 Å². The second-order valence-electron chi connectivity index (χ2n) is 7.53. The quantitative estimate of drug-likeness (QED) is 0.278. The Balaban J connectivity index is 1.60. The van der Waals surface area contributed by atoms with Crippen molar-refractivity contribution in [2.24, 2.45) is 0 Å². The highest BCUT2D eigenvalue weighted by molar-refractivity contribution is 6.00. The van der Waals surface area contributed by atoms with Crippen molar-refractivity contribution in [1.82, 2.24) is 4.57 Å². The van der Waals surface area contributed by atoms with Crippen LogP contribution in [0.2, 0.25) is 0 Å². The second-order valence-corrected chi connectivity index (χ2v) is 7.53. The first-order valence-electron chi connectivity index (χ1n) is 10.1. The predicted molar refractivity (Wildman–Crippen MR) is 112 cm³/mol. The van der Waals surface area contributed by atoms with Gasteiger partial charge in [0, 0.05) is 29.1 Å². The van der Waals surface area contributed by atoms with Gasteiger partial charge in [-0.2, -0.15) is 0 Å². The standard InChI is InChI=1S/C24H27NO4/c1-17-14-22(18(2)25(17)13-12-19-6-4-3-5-7-19)23(27)16-29-24(28)21-10-8-20(15-26)9-11-21/h6,8-11,14-15H,3-5,7,12-13,16H2,1-2H3. The number of esters is 1. The molecule has 1 aromatic heterocycles. The van der Waals surface area contributed by atoms with Gasteiger partial charge < -0.3 is 9.30 Å². The van der Waals surface area contributed by atoms with E-state index in [-0.39, 0.29) is 12.4 Å². The molecule has 0 aliphatic heterocycles. The first kappa shape index (κ1) is 20.8. The van der Waals surface area contributed by atoms with Gasteiger partial charge in [-0.15, -0.1) is 0 Å². The van der Waals surface area contributed by atoms with E-state index in [9.17, 15) is 14.4 Å². The summed E-state index contributed by atoms with van der Waals surface area (Å²) in [6.45, 7) is 4.50. The number of ether oxygens (including phenoxy) is 1. The predicted octanol–water partition coefficient (Wildman–Crippen LogP) is 4.85. The lowest BCUT2D eigenvalue weighted by Gasteiger charge is -2.15. The summed E-state index contributed by atoms with van der Waals surface area (Å²) in [5.41, 5.74) is 4.85. The molecule has 0 spiro atoms. The van der Waals surface area contributed by atoms with Crippen molar-refractivity contribution in [3.05, 3.63) is 70.1 Å². The summed E-state index contributed by atoms with van der Waals surface area (Å²) in [4.78, 5) is 35.5. The highest BCUT2D eigenvalue weighted by atomic mass is 16.5. The van der Waals surface area contributed by atoms with E-state index in [1.807, 2.05) is 19.9 Å². The molecule has 0 amide bonds. The van der Waals surface area contributed by atoms with Gasteiger partial charge in [0.05, 0.1) is 5.56 Å². The molecule has 0 fully saturated rings. The van der Waals surface area contributed by atoms with E-state index in [4.69, 9.17) is 4.74 Å². The molecule has 1 aliphatic rings. The molecule has 0 unspecified atom stereocenters. The molecule has 3 rings (SSSR count). The van der Waals surface area contributed by atoms with Gasteiger partial charge in [-0.05, 0) is 64.2 Å². The van der Waals surface area contributed by atoms with Crippen molar-refractivity contribution in [1.29, 1.82) is 0 Å². The molecule has 0 N–H and O–H groups in total. The van der Waals surface area contributed by atoms with Crippen LogP contribution in [0.25, 0.3) is 0 Å². The molecule has 1 heterocycles. The Morgan fingerprint density at radius 3 is 2.55 bits per heavy atom. The lowest BCUT2D eigenvalue weighted by molar-refractivity contribution is 0.0474. The summed E-state index contributed by atoms with van der Waals surface area (Å²) in [7, 11) is 0. The Bertz CT molecular complexity index is 935. The summed E-state index contributed by atoms with van der Waals surface area (Å²) >= 11 is 0. The molecule has 0 saturated carbocycles. The number of carbonyl (C=O) groups is 3. The number of aldehydes is 1. The summed E-state index contributed by atoms with van der Waals surface area (Å²) in [5, 5.41) is 0. The highest BCUT2D eigenvalue weighted by Gasteiger charge is 2.18. The fraction of sp³-hybridized carbons (Fsp3) is 0.375. The van der Waals surface area contributed by atoms with E-state index in [1.165, 1.54) is 43.4 Å². The SMILES string of the molecule is Cc1cc(C(=O)COC(=O)c2ccc(C=O)cc2)c(C)n1CCC1=CCCCC1. The van der Waals surface area contributed by atoms with E-state index in [0.717, 1.165) is 24.4 Å². The number of Topliss-reactive ketones (excluding diaryl/α,β-unsaturated/α-hetero) is 1. The lowest BCUT2D eigenvalue weighted by atomic mass is 9.97. The van der Waals surface area contributed by atoms with Gasteiger partial charge in [-0.25, -0.2) is 4.79 Å². The van der Waals surface area contributed by atoms with Crippen LogP contribution in [0, 0.1) is 13.8 Å². The molecule has 29 heavy (non-hydrogen) atoms. The lowest BCUT2D eigenvalue weighted by Crippen LogP contribution is -2.15. The first-order valence-corrected chi connectivity index (χ1v) is 10.1. The third kappa shape index (κ3) is 5.11. The highest BCUT2D eigenvalue weighted by Crippen LogP contribution is 2.23. The Kier molecular flexibility index (Phi) is 6.81. The van der Waals surface area contributed by atoms with Gasteiger partial charge in [0.1, 0.15) is 6.29 Å². The molecule has 0 saturated heterocycles. The van der Waals surface area contributed by atoms with Crippen molar-refractivity contribution in [2.75, 3.05) is 6.61 Å². The fourth-order valence-corrected chi connectivity index (χ4v) is 3.80. The number of aromatic nitrogens is 1. The van der Waals surface area contributed by atoms with Crippen LogP contribution in [0.4, 0.5) is 0 Å². The Hall–Kier alpha value is -2.95. The molecular formula is C24H27NO4. The van der Waals surface area contributed by atoms with Crippen LogP contribution in [0.5, 0.6) is 0 Å². The molecule has 152 valence electrons. The Morgan fingerprint density at radius 1 is 1.14 bits per heavy atom. The molecular weight excluding hydrogens is 366 g/mol. The van der Waals surface area contributed by atoms with Crippen molar-refractivity contribution in [2.45, 2.75) is 52.5 Å². The number of rotatable bonds is 8. The maximum atomic E-state index is 12.6. The second kappa shape index (κ2) is 9.50. The third-order valence-corrected chi connectivity index (χ3v) is 5.53. The zero-order chi connectivity index (χ0) is 20.8. The van der Waals surface area contributed by atoms with E-state index in [0.29, 0.717) is 23.0 Å². The first-order chi connectivity index (χ1) is 14.0. The summed E-state index contributed by atoms with van der Waals surface area (Å²) in [6.07, 6.45) is 8.97. The van der Waals surface area contributed by atoms with Gasteiger partial charge in [0.25, 0.3) is 0 Å². The van der Waals surface area contributed by atoms with Gasteiger partial charge in [-0.1, -0.05) is 23.8 Å². The number of hydrogen-bond acceptors (Lipinski definition) is 4. The number of allylic oxidation sites excluding steroid dienone is 2. The van der Waals surface area contributed by atoms with E-state index in [2.05, 4.69) is 10.6 Å². The minimum absolute atomic E-state index is 0.209. The molecule has 0 atom stereocenters. The zero-order valence-corrected chi connectivity index (χ0v) is 17.1. The summed E-state index contributed by atoms with van der Waals surface area (Å²) in [6, 6.07) is 7.99. The number of hydrogen-bond donors (Lipinski definition) is 0. The van der Waals surface area contributed by atoms with Gasteiger partial charge in [0.15, 0.2) is 6.61 Å². The number of carbonyl (C=O) groups excluding carboxylic acids is 3. The maximum absolute atomic E-state index is 12.6. The van der Waals surface area contributed by atoms with Gasteiger partial charge >= 0.3 is 5.97 Å². The Labute approximate surface area is 171 Å². The number of aryl methyl sites for hydroxylation is 1. The third-order valence-electron chi connectivity index (χ3n) is 5.53. The summed E-state index contributed by atoms with van der Waals surface area (Å²) in [5.74, 6) is -0.784. The van der Waals surface area contributed by atoms with Crippen molar-refractivity contribution in [3.8, 4) is 0 Å². The average molecular weight is 393 g/mol. The number of benzene rings is 1. The van der Waals surface area contributed by atoms with E-state index in [1.54, 1.807) is 12.1 Å². The van der Waals surface area contributed by atoms with Crippen molar-refractivity contribution < 1.29 is 19.1 Å².